The Hall–Kier alpha value is -1.91. The van der Waals surface area contributed by atoms with Gasteiger partial charge in [-0.15, -0.1) is 0 Å². The van der Waals surface area contributed by atoms with E-state index in [1.165, 1.54) is 0 Å². The zero-order valence-corrected chi connectivity index (χ0v) is 24.1. The van der Waals surface area contributed by atoms with Gasteiger partial charge in [-0.25, -0.2) is 4.79 Å². The van der Waals surface area contributed by atoms with Crippen LogP contribution in [0.1, 0.15) is 11.1 Å². The van der Waals surface area contributed by atoms with Gasteiger partial charge < -0.3 is 15.4 Å². The summed E-state index contributed by atoms with van der Waals surface area (Å²) in [6.45, 7) is 0. The molecule has 2 amide bonds. The van der Waals surface area contributed by atoms with Crippen molar-refractivity contribution in [3.63, 3.8) is 0 Å². The van der Waals surface area contributed by atoms with Crippen molar-refractivity contribution in [1.29, 1.82) is 0 Å². The van der Waals surface area contributed by atoms with Crippen molar-refractivity contribution in [2.45, 2.75) is 17.2 Å². The molecule has 0 unspecified atom stereocenters. The van der Waals surface area contributed by atoms with Crippen molar-refractivity contribution in [2.24, 2.45) is 0 Å². The van der Waals surface area contributed by atoms with Crippen LogP contribution >= 0.6 is 34.8 Å². The summed E-state index contributed by atoms with van der Waals surface area (Å²) in [6.07, 6.45) is -9.76. The van der Waals surface area contributed by atoms with E-state index in [0.29, 0.717) is 18.2 Å². The van der Waals surface area contributed by atoms with Gasteiger partial charge in [0.05, 0.1) is 31.9 Å². The third kappa shape index (κ3) is 8.54. The molecule has 3 aromatic rings. The fraction of sp³-hybridized carbons (Fsp3) is 0.0952. The summed E-state index contributed by atoms with van der Waals surface area (Å²) in [7, 11) is -4.97. The Morgan fingerprint density at radius 1 is 0.795 bits per heavy atom. The van der Waals surface area contributed by atoms with E-state index in [0.717, 1.165) is 30.3 Å². The Labute approximate surface area is 253 Å². The van der Waals surface area contributed by atoms with Crippen LogP contribution in [0.4, 0.5) is 42.5 Å². The van der Waals surface area contributed by atoms with Crippen LogP contribution in [0.3, 0.4) is 0 Å². The molecule has 0 fully saturated rings. The second kappa shape index (κ2) is 12.3. The summed E-state index contributed by atoms with van der Waals surface area (Å²) in [6, 6.07) is 4.31. The molecule has 18 heteroatoms. The average Bonchev–Trinajstić information content (AvgIpc) is 2.76. The number of anilines is 2. The number of carbonyl (C=O) groups excluding carboxylic acids is 1. The molecule has 0 aromatic heterocycles. The summed E-state index contributed by atoms with van der Waals surface area (Å²) < 4.78 is 117. The minimum absolute atomic E-state index is 0. The zero-order valence-electron chi connectivity index (χ0n) is 19.0. The fourth-order valence-corrected chi connectivity index (χ4v) is 4.14. The van der Waals surface area contributed by atoms with Crippen molar-refractivity contribution >= 4 is 91.9 Å². The van der Waals surface area contributed by atoms with E-state index < -0.39 is 72.4 Å². The van der Waals surface area contributed by atoms with Crippen LogP contribution < -0.4 is 15.4 Å². The normalized spacial score (nSPS) is 11.9. The Morgan fingerprint density at radius 2 is 1.41 bits per heavy atom. The third-order valence-corrected chi connectivity index (χ3v) is 6.50. The van der Waals surface area contributed by atoms with Gasteiger partial charge in [-0.3, -0.25) is 4.55 Å². The summed E-state index contributed by atoms with van der Waals surface area (Å²) in [5.74, 6) is -1.24. The van der Waals surface area contributed by atoms with Gasteiger partial charge in [0.15, 0.2) is 5.75 Å². The Kier molecular flexibility index (Phi) is 10.5. The number of amides is 2. The number of halogens is 9. The predicted molar refractivity (Wildman–Crippen MR) is 133 cm³/mol. The van der Waals surface area contributed by atoms with E-state index in [-0.39, 0.29) is 39.6 Å². The molecule has 3 aromatic carbocycles. The summed E-state index contributed by atoms with van der Waals surface area (Å²) in [5, 5.41) is 2.78. The van der Waals surface area contributed by atoms with Gasteiger partial charge in [0.2, 0.25) is 0 Å². The molecule has 0 heterocycles. The van der Waals surface area contributed by atoms with Crippen LogP contribution in [0.2, 0.25) is 15.1 Å². The smallest absolute Gasteiger partial charge is 0.417 e. The van der Waals surface area contributed by atoms with E-state index in [9.17, 15) is 44.1 Å². The largest absolute Gasteiger partial charge is 0.454 e. The first-order chi connectivity index (χ1) is 17.4. The van der Waals surface area contributed by atoms with E-state index in [2.05, 4.69) is 0 Å². The SMILES string of the molecule is O=C(Nc1ccc(Cl)c(C(F)(F)F)c1)Nc1cc(C(F)(F)F)ccc1Oc1cc(Cl)c(Cl)cc1S(=O)(=O)O.[Na]. The van der Waals surface area contributed by atoms with Gasteiger partial charge >= 0.3 is 18.4 Å². The van der Waals surface area contributed by atoms with Gasteiger partial charge in [0.1, 0.15) is 10.6 Å². The number of benzene rings is 3. The van der Waals surface area contributed by atoms with Crippen LogP contribution in [0.15, 0.2) is 53.4 Å². The molecule has 0 saturated heterocycles. The van der Waals surface area contributed by atoms with Gasteiger partial charge in [0.25, 0.3) is 10.1 Å². The number of alkyl halides is 6. The van der Waals surface area contributed by atoms with E-state index in [1.54, 1.807) is 0 Å². The molecule has 3 rings (SSSR count). The maximum atomic E-state index is 13.3. The third-order valence-electron chi connectivity index (χ3n) is 4.57. The molecule has 1 radical (unpaired) electrons. The second-order valence-electron chi connectivity index (χ2n) is 7.27. The Balaban J connectivity index is 0.00000533. The number of hydrogen-bond donors (Lipinski definition) is 3. The monoisotopic (exact) mass is 645 g/mol. The number of nitrogens with one attached hydrogen (secondary N) is 2. The molecule has 0 aliphatic carbocycles. The van der Waals surface area contributed by atoms with Gasteiger partial charge in [-0.1, -0.05) is 34.8 Å². The van der Waals surface area contributed by atoms with Gasteiger partial charge in [0, 0.05) is 41.3 Å². The Bertz CT molecular complexity index is 1520. The Morgan fingerprint density at radius 3 is 1.97 bits per heavy atom. The molecule has 0 aliphatic heterocycles. The van der Waals surface area contributed by atoms with Crippen molar-refractivity contribution in [3.8, 4) is 11.5 Å². The summed E-state index contributed by atoms with van der Waals surface area (Å²) in [5.41, 5.74) is -3.64. The minimum Gasteiger partial charge on any atom is -0.454 e. The molecule has 7 nitrogen and oxygen atoms in total. The predicted octanol–water partition coefficient (Wildman–Crippen LogP) is 7.99. The van der Waals surface area contributed by atoms with E-state index in [1.807, 2.05) is 10.6 Å². The van der Waals surface area contributed by atoms with E-state index >= 15 is 0 Å². The van der Waals surface area contributed by atoms with Crippen LogP contribution in [-0.2, 0) is 22.5 Å². The first-order valence-electron chi connectivity index (χ1n) is 9.66. The molecular weight excluding hydrogens is 636 g/mol. The minimum atomic E-state index is -4.97. The standard InChI is InChI=1S/C21H11Cl3F6N2O5S.Na/c22-12-3-2-10(6-11(12)21(28,29)30)31-19(33)32-15-5-9(20(25,26)27)1-4-16(15)37-17-7-13(23)14(24)8-18(17)38(34,35)36;/h1-8H,(H2,31,32,33)(H,34,35,36);. The number of urea groups is 1. The zero-order chi connectivity index (χ0) is 28.6. The second-order valence-corrected chi connectivity index (χ2v) is 9.88. The maximum Gasteiger partial charge on any atom is 0.417 e. The van der Waals surface area contributed by atoms with Crippen molar-refractivity contribution in [2.75, 3.05) is 10.6 Å². The maximum absolute atomic E-state index is 13.3. The topological polar surface area (TPSA) is 105 Å². The molecule has 0 saturated carbocycles. The summed E-state index contributed by atoms with van der Waals surface area (Å²) >= 11 is 17.1. The number of ether oxygens (including phenoxy) is 1. The van der Waals surface area contributed by atoms with Crippen LogP contribution in [0, 0.1) is 0 Å². The molecule has 3 N–H and O–H groups in total. The molecular formula is C21H11Cl3F6N2NaO5S. The fourth-order valence-electron chi connectivity index (χ4n) is 2.91. The first kappa shape index (κ1) is 33.3. The quantitative estimate of drug-likeness (QED) is 0.148. The number of rotatable bonds is 5. The molecule has 205 valence electrons. The van der Waals surface area contributed by atoms with Crippen LogP contribution in [-0.4, -0.2) is 48.6 Å². The van der Waals surface area contributed by atoms with Gasteiger partial charge in [-0.05, 0) is 42.5 Å². The van der Waals surface area contributed by atoms with Crippen molar-refractivity contribution in [3.05, 3.63) is 74.7 Å². The first-order valence-corrected chi connectivity index (χ1v) is 12.2. The van der Waals surface area contributed by atoms with Crippen molar-refractivity contribution < 1.29 is 48.8 Å². The molecule has 0 bridgehead atoms. The number of hydrogen-bond acceptors (Lipinski definition) is 4. The van der Waals surface area contributed by atoms with Crippen molar-refractivity contribution in [1.82, 2.24) is 0 Å². The number of carbonyl (C=O) groups is 1. The van der Waals surface area contributed by atoms with Gasteiger partial charge in [-0.2, -0.15) is 34.8 Å². The summed E-state index contributed by atoms with van der Waals surface area (Å²) in [4.78, 5) is 11.6. The average molecular weight is 647 g/mol. The van der Waals surface area contributed by atoms with Crippen LogP contribution in [0.5, 0.6) is 11.5 Å². The van der Waals surface area contributed by atoms with Crippen LogP contribution in [0.25, 0.3) is 0 Å². The molecule has 0 atom stereocenters. The molecule has 0 spiro atoms. The van der Waals surface area contributed by atoms with E-state index in [4.69, 9.17) is 39.5 Å². The molecule has 0 aliphatic rings. The molecule has 39 heavy (non-hydrogen) atoms.